The summed E-state index contributed by atoms with van der Waals surface area (Å²) in [4.78, 5) is 28.8. The molecule has 0 fully saturated rings. The van der Waals surface area contributed by atoms with E-state index in [0.29, 0.717) is 12.8 Å². The Balaban J connectivity index is -0.000000232. The summed E-state index contributed by atoms with van der Waals surface area (Å²) in [6, 6.07) is -0.833. The molecule has 0 radical (unpaired) electrons. The third kappa shape index (κ3) is 78.5. The molecule has 0 aromatic heterocycles. The molecule has 0 saturated heterocycles. The summed E-state index contributed by atoms with van der Waals surface area (Å²) in [5.74, 6) is -1.74. The van der Waals surface area contributed by atoms with Gasteiger partial charge in [-0.15, -0.1) is 0 Å². The van der Waals surface area contributed by atoms with E-state index in [4.69, 9.17) is 15.0 Å². The maximum Gasteiger partial charge on any atom is 0.309 e. The number of amides is 2. The Morgan fingerprint density at radius 3 is 1.24 bits per heavy atom. The highest BCUT2D eigenvalue weighted by Gasteiger charge is 1.99. The third-order valence-corrected chi connectivity index (χ3v) is 1.03. The first-order valence-electron chi connectivity index (χ1n) is 4.66. The summed E-state index contributed by atoms with van der Waals surface area (Å²) in [5.41, 5.74) is 8.50. The Morgan fingerprint density at radius 1 is 0.941 bits per heavy atom. The van der Waals surface area contributed by atoms with Crippen molar-refractivity contribution in [2.24, 2.45) is 11.5 Å². The van der Waals surface area contributed by atoms with E-state index in [9.17, 15) is 9.59 Å². The first-order valence-corrected chi connectivity index (χ1v) is 4.66. The van der Waals surface area contributed by atoms with Crippen LogP contribution in [0.5, 0.6) is 0 Å². The average Bonchev–Trinajstić information content (AvgIpc) is 2.12. The summed E-state index contributed by atoms with van der Waals surface area (Å²) in [6.45, 7) is 0. The molecular weight excluding hydrogens is 232 g/mol. The molecule has 8 heteroatoms. The van der Waals surface area contributed by atoms with Gasteiger partial charge in [-0.25, -0.2) is 4.79 Å². The number of aliphatic carboxylic acids is 2. The minimum Gasteiger partial charge on any atom is -0.481 e. The van der Waals surface area contributed by atoms with Crippen molar-refractivity contribution < 1.29 is 29.3 Å². The summed E-state index contributed by atoms with van der Waals surface area (Å²) >= 11 is 0. The van der Waals surface area contributed by atoms with Crippen LogP contribution < -0.4 is 11.5 Å². The molecule has 0 aliphatic heterocycles. The van der Waals surface area contributed by atoms with Crippen LogP contribution >= 0.6 is 0 Å². The van der Waals surface area contributed by atoms with Crippen LogP contribution in [0.4, 0.5) is 4.79 Å². The van der Waals surface area contributed by atoms with Crippen LogP contribution in [0, 0.1) is 0 Å². The van der Waals surface area contributed by atoms with Crippen molar-refractivity contribution in [3.8, 4) is 0 Å². The number of nitrogens with two attached hydrogens (primary N) is 2. The van der Waals surface area contributed by atoms with Crippen LogP contribution in [0.1, 0.15) is 25.7 Å². The van der Waals surface area contributed by atoms with Crippen LogP contribution in [-0.4, -0.2) is 42.4 Å². The van der Waals surface area contributed by atoms with Gasteiger partial charge < -0.3 is 26.4 Å². The van der Waals surface area contributed by atoms with Gasteiger partial charge >= 0.3 is 18.0 Å². The molecule has 0 rings (SSSR count). The zero-order chi connectivity index (χ0) is 14.3. The molecule has 0 unspecified atom stereocenters. The zero-order valence-electron chi connectivity index (χ0n) is 10.0. The topological polar surface area (TPSA) is 153 Å². The van der Waals surface area contributed by atoms with Crippen LogP contribution in [0.3, 0.4) is 0 Å². The molecule has 0 atom stereocenters. The van der Waals surface area contributed by atoms with Crippen molar-refractivity contribution in [1.82, 2.24) is 0 Å². The van der Waals surface area contributed by atoms with E-state index in [1.807, 2.05) is 0 Å². The number of urea groups is 1. The number of hydrogen-bond acceptors (Lipinski definition) is 4. The number of hydrogen-bond donors (Lipinski definition) is 4. The van der Waals surface area contributed by atoms with Gasteiger partial charge in [0.05, 0.1) is 0 Å². The van der Waals surface area contributed by atoms with Gasteiger partial charge in [0.15, 0.2) is 0 Å². The molecule has 0 saturated carbocycles. The lowest BCUT2D eigenvalue weighted by Crippen LogP contribution is -2.18. The Kier molecular flexibility index (Phi) is 20.1. The van der Waals surface area contributed by atoms with Gasteiger partial charge in [-0.1, -0.05) is 0 Å². The summed E-state index contributed by atoms with van der Waals surface area (Å²) < 4.78 is 4.25. The molecule has 0 bridgehead atoms. The Morgan fingerprint density at radius 2 is 1.12 bits per heavy atom. The van der Waals surface area contributed by atoms with Crippen molar-refractivity contribution >= 4 is 18.0 Å². The van der Waals surface area contributed by atoms with E-state index in [2.05, 4.69) is 16.2 Å². The summed E-state index contributed by atoms with van der Waals surface area (Å²) in [5, 5.41) is 16.3. The number of carbonyl (C=O) groups is 3. The number of carboxylic acid groups (broad SMARTS) is 2. The largest absolute Gasteiger partial charge is 0.481 e. The molecule has 17 heavy (non-hydrogen) atoms. The molecule has 0 aromatic carbocycles. The van der Waals surface area contributed by atoms with Crippen LogP contribution in [-0.2, 0) is 14.3 Å². The molecule has 0 spiro atoms. The lowest BCUT2D eigenvalue weighted by Gasteiger charge is -1.92. The van der Waals surface area contributed by atoms with Crippen molar-refractivity contribution in [3.05, 3.63) is 0 Å². The van der Waals surface area contributed by atoms with Crippen molar-refractivity contribution in [1.29, 1.82) is 0 Å². The van der Waals surface area contributed by atoms with E-state index in [1.54, 1.807) is 14.2 Å². The second-order valence-electron chi connectivity index (χ2n) is 2.81. The van der Waals surface area contributed by atoms with Gasteiger partial charge in [0.1, 0.15) is 0 Å². The molecular formula is C9H20N2O6. The minimum atomic E-state index is -0.870. The average molecular weight is 252 g/mol. The van der Waals surface area contributed by atoms with E-state index < -0.39 is 18.0 Å². The van der Waals surface area contributed by atoms with Crippen LogP contribution in [0.2, 0.25) is 0 Å². The maximum absolute atomic E-state index is 9.90. The van der Waals surface area contributed by atoms with E-state index in [0.717, 1.165) is 0 Å². The number of methoxy groups -OCH3 is 1. The zero-order valence-corrected chi connectivity index (χ0v) is 10.0. The van der Waals surface area contributed by atoms with Gasteiger partial charge in [0.2, 0.25) is 0 Å². The SMILES string of the molecule is COC.NC(N)=O.O=C(O)CCCCC(=O)O. The molecule has 0 aliphatic rings. The highest BCUT2D eigenvalue weighted by atomic mass is 16.4. The highest BCUT2D eigenvalue weighted by molar-refractivity contribution is 5.69. The van der Waals surface area contributed by atoms with Gasteiger partial charge in [-0.3, -0.25) is 9.59 Å². The molecule has 0 heterocycles. The monoisotopic (exact) mass is 252 g/mol. The second-order valence-corrected chi connectivity index (χ2v) is 2.81. The normalized spacial score (nSPS) is 7.88. The van der Waals surface area contributed by atoms with Gasteiger partial charge in [0.25, 0.3) is 0 Å². The number of rotatable bonds is 5. The smallest absolute Gasteiger partial charge is 0.309 e. The van der Waals surface area contributed by atoms with Crippen LogP contribution in [0.15, 0.2) is 0 Å². The minimum absolute atomic E-state index is 0.0628. The first kappa shape index (κ1) is 20.6. The summed E-state index contributed by atoms with van der Waals surface area (Å²) in [6.07, 6.45) is 1.02. The quantitative estimate of drug-likeness (QED) is 0.505. The van der Waals surface area contributed by atoms with Crippen molar-refractivity contribution in [2.75, 3.05) is 14.2 Å². The van der Waals surface area contributed by atoms with E-state index >= 15 is 0 Å². The van der Waals surface area contributed by atoms with Gasteiger partial charge in [-0.05, 0) is 12.8 Å². The number of unbranched alkanes of at least 4 members (excludes halogenated alkanes) is 1. The maximum atomic E-state index is 9.90. The molecule has 0 aromatic rings. The van der Waals surface area contributed by atoms with Gasteiger partial charge in [-0.2, -0.15) is 0 Å². The van der Waals surface area contributed by atoms with Crippen molar-refractivity contribution in [3.63, 3.8) is 0 Å². The second kappa shape index (κ2) is 16.6. The molecule has 6 N–H and O–H groups in total. The van der Waals surface area contributed by atoms with E-state index in [-0.39, 0.29) is 12.8 Å². The third-order valence-electron chi connectivity index (χ3n) is 1.03. The molecule has 8 nitrogen and oxygen atoms in total. The van der Waals surface area contributed by atoms with Crippen LogP contribution in [0.25, 0.3) is 0 Å². The fourth-order valence-electron chi connectivity index (χ4n) is 0.552. The number of primary amides is 2. The van der Waals surface area contributed by atoms with Crippen molar-refractivity contribution in [2.45, 2.75) is 25.7 Å². The Labute approximate surface area is 99.5 Å². The first-order chi connectivity index (χ1) is 7.77. The number of carboxylic acids is 2. The molecule has 102 valence electrons. The predicted octanol–water partition coefficient (Wildman–Crippen LogP) is 0.00240. The lowest BCUT2D eigenvalue weighted by atomic mass is 10.2. The number of ether oxygens (including phenoxy) is 1. The summed E-state index contributed by atoms with van der Waals surface area (Å²) in [7, 11) is 3.25. The van der Waals surface area contributed by atoms with Gasteiger partial charge in [0, 0.05) is 27.1 Å². The predicted molar refractivity (Wildman–Crippen MR) is 60.4 cm³/mol. The fraction of sp³-hybridized carbons (Fsp3) is 0.667. The Bertz CT molecular complexity index is 200. The number of carbonyl (C=O) groups excluding carboxylic acids is 1. The molecule has 2 amide bonds. The Hall–Kier alpha value is -1.83. The lowest BCUT2D eigenvalue weighted by molar-refractivity contribution is -0.139. The fourth-order valence-corrected chi connectivity index (χ4v) is 0.552. The molecule has 0 aliphatic carbocycles. The highest BCUT2D eigenvalue weighted by Crippen LogP contribution is 1.98. The standard InChI is InChI=1S/C6H10O4.C2H6O.CH4N2O/c7-5(8)3-1-2-4-6(9)10;1-3-2;2-1(3)4/h1-4H2,(H,7,8)(H,9,10);1-2H3;(H4,2,3,4). The van der Waals surface area contributed by atoms with E-state index in [1.165, 1.54) is 0 Å².